The third-order valence-corrected chi connectivity index (χ3v) is 13.7. The molecule has 0 N–H and O–H groups in total. The van der Waals surface area contributed by atoms with Gasteiger partial charge in [0.15, 0.2) is 0 Å². The highest BCUT2D eigenvalue weighted by Crippen LogP contribution is 2.55. The van der Waals surface area contributed by atoms with Gasteiger partial charge in [-0.15, -0.1) is 0 Å². The predicted molar refractivity (Wildman–Crippen MR) is 284 cm³/mol. The highest BCUT2D eigenvalue weighted by Gasteiger charge is 2.35. The lowest BCUT2D eigenvalue weighted by Crippen LogP contribution is -2.25. The van der Waals surface area contributed by atoms with Gasteiger partial charge in [0.05, 0.1) is 39.1 Å². The minimum atomic E-state index is -2.70. The van der Waals surface area contributed by atoms with E-state index in [1.54, 1.807) is 6.07 Å². The van der Waals surface area contributed by atoms with Crippen molar-refractivity contribution in [3.63, 3.8) is 0 Å². The van der Waals surface area contributed by atoms with Gasteiger partial charge in [-0.05, 0) is 95.7 Å². The van der Waals surface area contributed by atoms with E-state index in [0.29, 0.717) is 55.8 Å². The number of pyridine rings is 1. The number of aryl methyl sites for hydroxylation is 3. The van der Waals surface area contributed by atoms with Gasteiger partial charge in [0.1, 0.15) is 24.0 Å². The molecule has 5 heterocycles. The van der Waals surface area contributed by atoms with Crippen LogP contribution in [0.5, 0.6) is 11.5 Å². The molecule has 1 aliphatic heterocycles. The number of hydrogen-bond acceptors (Lipinski definition) is 4. The van der Waals surface area contributed by atoms with Crippen LogP contribution in [0.3, 0.4) is 0 Å². The zero-order valence-corrected chi connectivity index (χ0v) is 37.6. The molecule has 0 unspecified atom stereocenters. The fourth-order valence-electron chi connectivity index (χ4n) is 10.6. The summed E-state index contributed by atoms with van der Waals surface area (Å²) in [6.07, 6.45) is 1.53. The van der Waals surface area contributed by atoms with Crippen molar-refractivity contribution in [3.05, 3.63) is 193 Å². The second-order valence-electron chi connectivity index (χ2n) is 18.7. The number of nitrogens with zero attached hydrogens (tertiary/aromatic N) is 6. The van der Waals surface area contributed by atoms with Crippen molar-refractivity contribution < 1.29 is 17.1 Å². The maximum absolute atomic E-state index is 9.27. The molecule has 0 bridgehead atoms. The Morgan fingerprint density at radius 1 is 0.544 bits per heavy atom. The third-order valence-electron chi connectivity index (χ3n) is 13.7. The molecule has 4 aromatic heterocycles. The summed E-state index contributed by atoms with van der Waals surface area (Å²) in [4.78, 5) is 8.92. The van der Waals surface area contributed by atoms with Gasteiger partial charge in [0.2, 0.25) is 0 Å². The van der Waals surface area contributed by atoms with Gasteiger partial charge >= 0.3 is 0 Å². The van der Waals surface area contributed by atoms with Gasteiger partial charge in [-0.25, -0.2) is 4.98 Å². The van der Waals surface area contributed by atoms with E-state index >= 15 is 0 Å². The summed E-state index contributed by atoms with van der Waals surface area (Å²) in [6.45, 7) is -1.11. The summed E-state index contributed by atoms with van der Waals surface area (Å²) in [6, 6.07) is 56.1. The fourth-order valence-corrected chi connectivity index (χ4v) is 10.6. The van der Waals surface area contributed by atoms with Crippen LogP contribution in [0.4, 0.5) is 22.7 Å². The number of anilines is 4. The Hall–Kier alpha value is -8.29. The van der Waals surface area contributed by atoms with Crippen molar-refractivity contribution >= 4 is 88.2 Å². The average molecular weight is 892 g/mol. The Bertz CT molecular complexity index is 4260. The van der Waals surface area contributed by atoms with Crippen molar-refractivity contribution in [1.82, 2.24) is 18.7 Å². The Morgan fingerprint density at radius 3 is 1.84 bits per heavy atom. The van der Waals surface area contributed by atoms with Crippen LogP contribution in [0.25, 0.3) is 82.4 Å². The van der Waals surface area contributed by atoms with Crippen molar-refractivity contribution in [3.8, 4) is 28.4 Å². The van der Waals surface area contributed by atoms with Gasteiger partial charge in [0.25, 0.3) is 0 Å². The van der Waals surface area contributed by atoms with Crippen molar-refractivity contribution in [2.45, 2.75) is 33.0 Å². The number of benzene rings is 8. The monoisotopic (exact) mass is 891 g/mol. The van der Waals surface area contributed by atoms with E-state index in [4.69, 9.17) is 8.85 Å². The van der Waals surface area contributed by atoms with Crippen LogP contribution < -0.4 is 14.5 Å². The molecule has 7 nitrogen and oxygen atoms in total. The summed E-state index contributed by atoms with van der Waals surface area (Å²) in [5, 5.41) is 4.80. The maximum atomic E-state index is 9.27. The lowest BCUT2D eigenvalue weighted by Gasteiger charge is -2.27. The van der Waals surface area contributed by atoms with Crippen molar-refractivity contribution in [2.75, 3.05) is 16.5 Å². The highest BCUT2D eigenvalue weighted by molar-refractivity contribution is 6.33. The van der Waals surface area contributed by atoms with Crippen LogP contribution >= 0.6 is 0 Å². The molecule has 0 fully saturated rings. The number of aromatic nitrogens is 4. The van der Waals surface area contributed by atoms with E-state index in [-0.39, 0.29) is 17.6 Å². The summed E-state index contributed by atoms with van der Waals surface area (Å²) in [7, 11) is 0. The summed E-state index contributed by atoms with van der Waals surface area (Å²) in [5.74, 6) is 1.58. The minimum absolute atomic E-state index is 0.167. The molecule has 0 saturated heterocycles. The van der Waals surface area contributed by atoms with Crippen LogP contribution in [0.1, 0.15) is 44.2 Å². The SMILES string of the molecule is [2H]C([2H])([2H])c1ccnc(-n2c3ccccc3c3ccc(Oc4cc(N5CN(c6c7c(c(-c8ccccc8)c8c9ccccc9n(C([2H])([2H])[2H])c68)c6ccccc6n7C([2H])([2H])[2H])c6ccccc65)cc(C(C)(C)C)c4)cc32)c1. The molecule has 0 atom stereocenters. The van der Waals surface area contributed by atoms with Crippen molar-refractivity contribution in [1.29, 1.82) is 0 Å². The van der Waals surface area contributed by atoms with Crippen molar-refractivity contribution in [2.24, 2.45) is 14.0 Å². The van der Waals surface area contributed by atoms with E-state index in [2.05, 4.69) is 41.6 Å². The van der Waals surface area contributed by atoms with Crippen LogP contribution in [0.15, 0.2) is 182 Å². The lowest BCUT2D eigenvalue weighted by atomic mass is 9.86. The molecular formula is C61H50N6O. The van der Waals surface area contributed by atoms with E-state index in [1.807, 2.05) is 162 Å². The minimum Gasteiger partial charge on any atom is -0.457 e. The summed E-state index contributed by atoms with van der Waals surface area (Å²) in [5.41, 5.74) is 8.67. The average Bonchev–Trinajstić information content (AvgIpc) is 4.34. The number of ether oxygens (including phenoxy) is 1. The molecule has 0 radical (unpaired) electrons. The molecule has 0 spiro atoms. The largest absolute Gasteiger partial charge is 0.457 e. The predicted octanol–water partition coefficient (Wildman–Crippen LogP) is 15.8. The molecule has 7 heteroatoms. The second-order valence-corrected chi connectivity index (χ2v) is 18.7. The molecule has 0 aliphatic carbocycles. The maximum Gasteiger partial charge on any atom is 0.137 e. The molecule has 1 aliphatic rings. The Kier molecular flexibility index (Phi) is 6.90. The van der Waals surface area contributed by atoms with E-state index in [0.717, 1.165) is 66.3 Å². The number of hydrogen-bond donors (Lipinski definition) is 0. The number of para-hydroxylation sites is 5. The highest BCUT2D eigenvalue weighted by atomic mass is 16.5. The molecule has 0 saturated carbocycles. The van der Waals surface area contributed by atoms with Gasteiger partial charge in [-0.3, -0.25) is 4.57 Å². The van der Waals surface area contributed by atoms with Crippen LogP contribution in [-0.2, 0) is 19.4 Å². The third kappa shape index (κ3) is 5.94. The van der Waals surface area contributed by atoms with Crippen LogP contribution in [-0.4, -0.2) is 25.4 Å². The van der Waals surface area contributed by atoms with Crippen LogP contribution in [0, 0.1) is 6.85 Å². The van der Waals surface area contributed by atoms with E-state index < -0.39 is 20.8 Å². The molecule has 68 heavy (non-hydrogen) atoms. The fraction of sp³-hybridized carbons (Fsp3) is 0.131. The van der Waals surface area contributed by atoms with Crippen LogP contribution in [0.2, 0.25) is 0 Å². The smallest absolute Gasteiger partial charge is 0.137 e. The Morgan fingerprint density at radius 2 is 1.16 bits per heavy atom. The molecule has 0 amide bonds. The zero-order chi connectivity index (χ0) is 53.5. The number of fused-ring (bicyclic) bond motifs is 10. The second kappa shape index (κ2) is 14.9. The zero-order valence-electron chi connectivity index (χ0n) is 46.6. The first-order valence-electron chi connectivity index (χ1n) is 27.3. The molecule has 12 aromatic rings. The number of rotatable bonds is 6. The molecule has 330 valence electrons. The molecule has 13 rings (SSSR count). The normalized spacial score (nSPS) is 15.5. The van der Waals surface area contributed by atoms with E-state index in [9.17, 15) is 8.22 Å². The lowest BCUT2D eigenvalue weighted by molar-refractivity contribution is 0.479. The topological polar surface area (TPSA) is 43.4 Å². The summed E-state index contributed by atoms with van der Waals surface area (Å²) >= 11 is 0. The quantitative estimate of drug-likeness (QED) is 0.167. The summed E-state index contributed by atoms with van der Waals surface area (Å²) < 4.78 is 91.8. The first-order chi connectivity index (χ1) is 36.8. The first-order valence-corrected chi connectivity index (χ1v) is 22.8. The standard InChI is InChI=1S/C61H50N6O/c1-38-30-31-62-54(32-38)67-50-25-15-10-20-44(50)45-29-28-42(36-53(45)67)68-43-34-40(61(2,3)4)33-41(35-43)65-37-66(52-27-17-16-26-51(52)65)60-58-56(46-21-11-13-23-48(46)63(58)5)55(39-18-8-7-9-19-39)57-47-22-12-14-24-49(47)64(6)59(57)60/h7-36H,37H2,1-6H3/i1D3,5D3,6D3. The first kappa shape index (κ1) is 31.6. The van der Waals surface area contributed by atoms with Gasteiger partial charge < -0.3 is 23.7 Å². The van der Waals surface area contributed by atoms with Gasteiger partial charge in [-0.2, -0.15) is 0 Å². The Labute approximate surface area is 407 Å². The van der Waals surface area contributed by atoms with E-state index in [1.165, 1.54) is 21.4 Å². The van der Waals surface area contributed by atoms with Gasteiger partial charge in [-0.1, -0.05) is 118 Å². The molecular weight excluding hydrogens is 833 g/mol. The van der Waals surface area contributed by atoms with Gasteiger partial charge in [0, 0.05) is 99.2 Å². The Balaban J connectivity index is 1.04. The molecule has 8 aromatic carbocycles.